The van der Waals surface area contributed by atoms with E-state index in [0.717, 1.165) is 4.90 Å². The first-order valence-electron chi connectivity index (χ1n) is 5.12. The van der Waals surface area contributed by atoms with Crippen LogP contribution in [0.5, 0.6) is 0 Å². The number of imide groups is 1. The summed E-state index contributed by atoms with van der Waals surface area (Å²) in [7, 11) is 0. The van der Waals surface area contributed by atoms with Crippen LogP contribution < -0.4 is 0 Å². The van der Waals surface area contributed by atoms with Crippen LogP contribution in [-0.2, 0) is 9.53 Å². The van der Waals surface area contributed by atoms with Crippen LogP contribution in [0.3, 0.4) is 0 Å². The number of esters is 1. The zero-order valence-corrected chi connectivity index (χ0v) is 9.17. The minimum Gasteiger partial charge on any atom is -0.465 e. The second kappa shape index (κ2) is 4.32. The van der Waals surface area contributed by atoms with E-state index >= 15 is 0 Å². The minimum absolute atomic E-state index is 0.0850. The van der Waals surface area contributed by atoms with Gasteiger partial charge in [0.05, 0.1) is 12.2 Å². The highest BCUT2D eigenvalue weighted by Gasteiger charge is 2.37. The molecule has 0 bridgehead atoms. The van der Waals surface area contributed by atoms with E-state index in [1.165, 1.54) is 12.3 Å². The van der Waals surface area contributed by atoms with Gasteiger partial charge in [-0.15, -0.1) is 0 Å². The molecule has 0 unspecified atom stereocenters. The average Bonchev–Trinajstić information content (AvgIpc) is 2.56. The van der Waals surface area contributed by atoms with Crippen molar-refractivity contribution in [3.63, 3.8) is 0 Å². The van der Waals surface area contributed by atoms with Crippen LogP contribution in [0, 0.1) is 0 Å². The fourth-order valence-electron chi connectivity index (χ4n) is 1.59. The molecule has 1 aliphatic heterocycles. The molecule has 6 heteroatoms. The molecular weight excluding hydrogens is 224 g/mol. The van der Waals surface area contributed by atoms with Crippen molar-refractivity contribution in [3.05, 3.63) is 29.6 Å². The number of ether oxygens (including phenoxy) is 1. The predicted octanol–water partition coefficient (Wildman–Crippen LogP) is 0.241. The van der Waals surface area contributed by atoms with Gasteiger partial charge in [0.15, 0.2) is 0 Å². The summed E-state index contributed by atoms with van der Waals surface area (Å²) in [6, 6.07) is 3.07. The number of amides is 2. The van der Waals surface area contributed by atoms with Gasteiger partial charge >= 0.3 is 5.97 Å². The average molecular weight is 234 g/mol. The number of hydrogen-bond acceptors (Lipinski definition) is 5. The Bertz CT molecular complexity index is 463. The maximum atomic E-state index is 11.8. The molecule has 0 saturated carbocycles. The summed E-state index contributed by atoms with van der Waals surface area (Å²) in [6.07, 6.45) is 1.43. The van der Waals surface area contributed by atoms with E-state index < -0.39 is 17.8 Å². The number of nitrogens with zero attached hydrogens (tertiary/aromatic N) is 2. The third-order valence-corrected chi connectivity index (χ3v) is 2.32. The molecule has 0 saturated heterocycles. The molecule has 88 valence electrons. The largest absolute Gasteiger partial charge is 0.465 e. The van der Waals surface area contributed by atoms with Crippen LogP contribution in [-0.4, -0.2) is 40.8 Å². The van der Waals surface area contributed by atoms with E-state index in [2.05, 4.69) is 4.98 Å². The third kappa shape index (κ3) is 1.89. The number of fused-ring (bicyclic) bond motifs is 1. The lowest BCUT2D eigenvalue weighted by Crippen LogP contribution is -2.35. The highest BCUT2D eigenvalue weighted by Crippen LogP contribution is 2.19. The highest BCUT2D eigenvalue weighted by atomic mass is 16.5. The molecule has 2 rings (SSSR count). The van der Waals surface area contributed by atoms with Crippen LogP contribution in [0.15, 0.2) is 18.3 Å². The quantitative estimate of drug-likeness (QED) is 0.553. The molecule has 1 aliphatic rings. The number of carbonyl (C=O) groups is 3. The Morgan fingerprint density at radius 2 is 2.18 bits per heavy atom. The topological polar surface area (TPSA) is 76.6 Å². The van der Waals surface area contributed by atoms with Gasteiger partial charge in [0.2, 0.25) is 0 Å². The molecule has 0 fully saturated rings. The smallest absolute Gasteiger partial charge is 0.326 e. The van der Waals surface area contributed by atoms with Gasteiger partial charge in [-0.25, -0.2) is 0 Å². The van der Waals surface area contributed by atoms with Crippen molar-refractivity contribution in [2.24, 2.45) is 0 Å². The number of pyridine rings is 1. The molecule has 6 nitrogen and oxygen atoms in total. The number of hydrogen-bond donors (Lipinski definition) is 0. The first-order chi connectivity index (χ1) is 8.15. The van der Waals surface area contributed by atoms with E-state index in [4.69, 9.17) is 4.74 Å². The summed E-state index contributed by atoms with van der Waals surface area (Å²) in [5.74, 6) is -1.67. The van der Waals surface area contributed by atoms with Gasteiger partial charge < -0.3 is 4.74 Å². The lowest BCUT2D eigenvalue weighted by atomic mass is 10.2. The Morgan fingerprint density at radius 1 is 1.41 bits per heavy atom. The van der Waals surface area contributed by atoms with Crippen molar-refractivity contribution in [2.45, 2.75) is 6.92 Å². The van der Waals surface area contributed by atoms with Gasteiger partial charge in [0, 0.05) is 6.20 Å². The summed E-state index contributed by atoms with van der Waals surface area (Å²) in [6.45, 7) is 1.49. The molecule has 0 N–H and O–H groups in total. The van der Waals surface area contributed by atoms with Gasteiger partial charge in [0.1, 0.15) is 12.2 Å². The first-order valence-corrected chi connectivity index (χ1v) is 5.12. The summed E-state index contributed by atoms with van der Waals surface area (Å²) in [5.41, 5.74) is 0.309. The second-order valence-electron chi connectivity index (χ2n) is 3.40. The predicted molar refractivity (Wildman–Crippen MR) is 56.2 cm³/mol. The molecule has 0 radical (unpaired) electrons. The normalized spacial score (nSPS) is 13.8. The van der Waals surface area contributed by atoms with E-state index in [-0.39, 0.29) is 24.4 Å². The molecule has 2 amide bonds. The lowest BCUT2D eigenvalue weighted by molar-refractivity contribution is -0.143. The highest BCUT2D eigenvalue weighted by molar-refractivity contribution is 6.21. The van der Waals surface area contributed by atoms with Crippen molar-refractivity contribution in [1.29, 1.82) is 0 Å². The Kier molecular flexibility index (Phi) is 2.86. The SMILES string of the molecule is CCOC(=O)CN1C(=O)c2cccnc2C1=O. The van der Waals surface area contributed by atoms with Gasteiger partial charge in [-0.05, 0) is 19.1 Å². The molecule has 0 aromatic carbocycles. The number of carbonyl (C=O) groups excluding carboxylic acids is 3. The maximum absolute atomic E-state index is 11.8. The van der Waals surface area contributed by atoms with E-state index in [9.17, 15) is 14.4 Å². The number of aromatic nitrogens is 1. The van der Waals surface area contributed by atoms with Crippen LogP contribution >= 0.6 is 0 Å². The van der Waals surface area contributed by atoms with E-state index in [1.807, 2.05) is 0 Å². The van der Waals surface area contributed by atoms with Crippen LogP contribution in [0.1, 0.15) is 27.8 Å². The maximum Gasteiger partial charge on any atom is 0.326 e. The van der Waals surface area contributed by atoms with E-state index in [0.29, 0.717) is 0 Å². The standard InChI is InChI=1S/C11H10N2O4/c1-2-17-8(14)6-13-10(15)7-4-3-5-12-9(7)11(13)16/h3-5H,2,6H2,1H3. The Hall–Kier alpha value is -2.24. The zero-order chi connectivity index (χ0) is 12.4. The van der Waals surface area contributed by atoms with Crippen molar-refractivity contribution in [1.82, 2.24) is 9.88 Å². The van der Waals surface area contributed by atoms with Crippen molar-refractivity contribution >= 4 is 17.8 Å². The summed E-state index contributed by atoms with van der Waals surface area (Å²) in [5, 5.41) is 0. The van der Waals surface area contributed by atoms with E-state index in [1.54, 1.807) is 13.0 Å². The summed E-state index contributed by atoms with van der Waals surface area (Å²) >= 11 is 0. The number of rotatable bonds is 3. The molecular formula is C11H10N2O4. The first kappa shape index (κ1) is 11.3. The van der Waals surface area contributed by atoms with Gasteiger partial charge in [-0.3, -0.25) is 24.3 Å². The van der Waals surface area contributed by atoms with Gasteiger partial charge in [-0.2, -0.15) is 0 Å². The molecule has 0 aliphatic carbocycles. The molecule has 17 heavy (non-hydrogen) atoms. The lowest BCUT2D eigenvalue weighted by Gasteiger charge is -2.11. The monoisotopic (exact) mass is 234 g/mol. The summed E-state index contributed by atoms with van der Waals surface area (Å²) < 4.78 is 4.69. The molecule has 0 spiro atoms. The van der Waals surface area contributed by atoms with Crippen LogP contribution in [0.2, 0.25) is 0 Å². The minimum atomic E-state index is -0.609. The molecule has 1 aromatic heterocycles. The van der Waals surface area contributed by atoms with Crippen LogP contribution in [0.25, 0.3) is 0 Å². The fraction of sp³-hybridized carbons (Fsp3) is 0.273. The molecule has 0 atom stereocenters. The Morgan fingerprint density at radius 3 is 2.82 bits per heavy atom. The summed E-state index contributed by atoms with van der Waals surface area (Å²) in [4.78, 5) is 39.5. The van der Waals surface area contributed by atoms with Crippen molar-refractivity contribution in [2.75, 3.05) is 13.2 Å². The van der Waals surface area contributed by atoms with Crippen LogP contribution in [0.4, 0.5) is 0 Å². The van der Waals surface area contributed by atoms with Gasteiger partial charge in [-0.1, -0.05) is 0 Å². The zero-order valence-electron chi connectivity index (χ0n) is 9.17. The van der Waals surface area contributed by atoms with Crippen molar-refractivity contribution < 1.29 is 19.1 Å². The third-order valence-electron chi connectivity index (χ3n) is 2.32. The molecule has 1 aromatic rings. The Balaban J connectivity index is 2.22. The Labute approximate surface area is 97.2 Å². The van der Waals surface area contributed by atoms with Gasteiger partial charge in [0.25, 0.3) is 11.8 Å². The molecule has 2 heterocycles. The second-order valence-corrected chi connectivity index (χ2v) is 3.40. The van der Waals surface area contributed by atoms with Crippen molar-refractivity contribution in [3.8, 4) is 0 Å². The fourth-order valence-corrected chi connectivity index (χ4v) is 1.59.